The van der Waals surface area contributed by atoms with Crippen molar-refractivity contribution in [2.24, 2.45) is 5.92 Å². The molecule has 4 aromatic rings. The molecule has 8 heteroatoms. The number of hydrogen-bond donors (Lipinski definition) is 2. The fourth-order valence-corrected chi connectivity index (χ4v) is 4.39. The average molecular weight is 471 g/mol. The Balaban J connectivity index is 1.34. The van der Waals surface area contributed by atoms with Gasteiger partial charge in [0.2, 0.25) is 17.7 Å². The first-order chi connectivity index (χ1) is 16.7. The van der Waals surface area contributed by atoms with Gasteiger partial charge in [0.15, 0.2) is 11.4 Å². The molecule has 1 aliphatic heterocycles. The van der Waals surface area contributed by atoms with E-state index in [1.165, 1.54) is 0 Å². The monoisotopic (exact) mass is 470 g/mol. The smallest absolute Gasteiger partial charge is 0.250 e. The van der Waals surface area contributed by atoms with E-state index in [1.54, 1.807) is 0 Å². The summed E-state index contributed by atoms with van der Waals surface area (Å²) >= 11 is 0. The Morgan fingerprint density at radius 1 is 1.09 bits per heavy atom. The number of oxazole rings is 1. The fourth-order valence-electron chi connectivity index (χ4n) is 4.39. The predicted molar refractivity (Wildman–Crippen MR) is 139 cm³/mol. The van der Waals surface area contributed by atoms with E-state index >= 15 is 0 Å². The van der Waals surface area contributed by atoms with Gasteiger partial charge in [0.05, 0.1) is 5.69 Å². The first-order valence-corrected chi connectivity index (χ1v) is 11.8. The van der Waals surface area contributed by atoms with Gasteiger partial charge in [-0.25, -0.2) is 9.97 Å². The van der Waals surface area contributed by atoms with Gasteiger partial charge in [0, 0.05) is 19.2 Å². The standard InChI is InChI=1S/C27H30N6O2/c1-15(2)27(5)25(34)31-22-17(4)29-26(32-23(22)33(27)6)28-14-18-8-10-19(11-9-18)24-30-20-13-16(3)7-12-21(20)35-24/h7-13,15H,14H2,1-6H3,(H,31,34)(H,28,29,32)/t27-/m1/s1. The van der Waals surface area contributed by atoms with Crippen LogP contribution in [-0.4, -0.2) is 33.4 Å². The second kappa shape index (κ2) is 8.37. The van der Waals surface area contributed by atoms with Crippen LogP contribution in [0.4, 0.5) is 17.5 Å². The van der Waals surface area contributed by atoms with Crippen molar-refractivity contribution in [3.63, 3.8) is 0 Å². The summed E-state index contributed by atoms with van der Waals surface area (Å²) in [5.74, 6) is 1.92. The van der Waals surface area contributed by atoms with E-state index in [2.05, 4.69) is 20.6 Å². The lowest BCUT2D eigenvalue weighted by Gasteiger charge is -2.45. The minimum absolute atomic E-state index is 0.0379. The van der Waals surface area contributed by atoms with Crippen LogP contribution < -0.4 is 15.5 Å². The lowest BCUT2D eigenvalue weighted by Crippen LogP contribution is -2.60. The highest BCUT2D eigenvalue weighted by atomic mass is 16.3. The number of hydrogen-bond acceptors (Lipinski definition) is 7. The summed E-state index contributed by atoms with van der Waals surface area (Å²) in [5.41, 5.74) is 5.50. The summed E-state index contributed by atoms with van der Waals surface area (Å²) in [6.45, 7) is 10.5. The molecule has 0 spiro atoms. The summed E-state index contributed by atoms with van der Waals surface area (Å²) in [4.78, 5) is 28.7. The molecule has 2 N–H and O–H groups in total. The van der Waals surface area contributed by atoms with E-state index < -0.39 is 5.54 Å². The molecule has 0 aliphatic carbocycles. The van der Waals surface area contributed by atoms with Gasteiger partial charge in [0.25, 0.3) is 0 Å². The molecule has 0 saturated heterocycles. The summed E-state index contributed by atoms with van der Waals surface area (Å²) in [6.07, 6.45) is 0. The van der Waals surface area contributed by atoms with Crippen LogP contribution in [0.5, 0.6) is 0 Å². The van der Waals surface area contributed by atoms with Crippen LogP contribution in [-0.2, 0) is 11.3 Å². The van der Waals surface area contributed by atoms with Crippen molar-refractivity contribution >= 4 is 34.5 Å². The van der Waals surface area contributed by atoms with Gasteiger partial charge < -0.3 is 20.0 Å². The Bertz CT molecular complexity index is 1430. The lowest BCUT2D eigenvalue weighted by atomic mass is 9.84. The molecule has 0 radical (unpaired) electrons. The van der Waals surface area contributed by atoms with E-state index in [0.717, 1.165) is 39.3 Å². The number of anilines is 3. The summed E-state index contributed by atoms with van der Waals surface area (Å²) in [7, 11) is 1.92. The van der Waals surface area contributed by atoms with E-state index in [4.69, 9.17) is 9.40 Å². The van der Waals surface area contributed by atoms with Crippen LogP contribution in [0.25, 0.3) is 22.6 Å². The Kier molecular flexibility index (Phi) is 5.46. The first-order valence-electron chi connectivity index (χ1n) is 11.8. The Morgan fingerprint density at radius 2 is 1.83 bits per heavy atom. The van der Waals surface area contributed by atoms with Crippen LogP contribution >= 0.6 is 0 Å². The number of nitrogens with zero attached hydrogens (tertiary/aromatic N) is 4. The maximum absolute atomic E-state index is 12.8. The van der Waals surface area contributed by atoms with Crippen LogP contribution in [0, 0.1) is 19.8 Å². The zero-order valence-electron chi connectivity index (χ0n) is 20.9. The number of amides is 1. The molecule has 8 nitrogen and oxygen atoms in total. The van der Waals surface area contributed by atoms with Gasteiger partial charge in [-0.2, -0.15) is 4.98 Å². The molecule has 0 fully saturated rings. The number of rotatable bonds is 5. The van der Waals surface area contributed by atoms with Crippen molar-refractivity contribution in [2.75, 3.05) is 22.6 Å². The molecule has 2 aromatic carbocycles. The van der Waals surface area contributed by atoms with Crippen molar-refractivity contribution in [1.82, 2.24) is 15.0 Å². The highest BCUT2D eigenvalue weighted by Crippen LogP contribution is 2.39. The third-order valence-corrected chi connectivity index (χ3v) is 7.10. The number of aryl methyl sites for hydroxylation is 2. The van der Waals surface area contributed by atoms with Crippen LogP contribution in [0.1, 0.15) is 37.6 Å². The van der Waals surface area contributed by atoms with Crippen molar-refractivity contribution in [2.45, 2.75) is 46.7 Å². The highest BCUT2D eigenvalue weighted by molar-refractivity contribution is 6.06. The SMILES string of the molecule is Cc1ccc2oc(-c3ccc(CNc4nc(C)c5c(n4)N(C)[C@](C)(C(C)C)C(=O)N5)cc3)nc2c1. The molecule has 0 saturated carbocycles. The average Bonchev–Trinajstić information content (AvgIpc) is 3.25. The number of nitrogens with one attached hydrogen (secondary N) is 2. The Hall–Kier alpha value is -3.94. The normalized spacial score (nSPS) is 17.6. The van der Waals surface area contributed by atoms with E-state index in [-0.39, 0.29) is 11.8 Å². The van der Waals surface area contributed by atoms with Crippen LogP contribution in [0.3, 0.4) is 0 Å². The molecular weight excluding hydrogens is 440 g/mol. The van der Waals surface area contributed by atoms with Gasteiger partial charge in [-0.1, -0.05) is 32.0 Å². The Labute approximate surface area is 204 Å². The first kappa shape index (κ1) is 22.8. The molecule has 1 amide bonds. The van der Waals surface area contributed by atoms with Crippen LogP contribution in [0.15, 0.2) is 46.9 Å². The van der Waals surface area contributed by atoms with Gasteiger partial charge in [-0.15, -0.1) is 0 Å². The number of carbonyl (C=O) groups is 1. The molecular formula is C27H30N6O2. The summed E-state index contributed by atoms with van der Waals surface area (Å²) < 4.78 is 5.91. The zero-order chi connectivity index (χ0) is 24.9. The van der Waals surface area contributed by atoms with Gasteiger partial charge >= 0.3 is 0 Å². The Morgan fingerprint density at radius 3 is 2.54 bits per heavy atom. The number of fused-ring (bicyclic) bond motifs is 2. The zero-order valence-corrected chi connectivity index (χ0v) is 20.9. The molecule has 1 atom stereocenters. The number of likely N-dealkylation sites (N-methyl/N-ethyl adjacent to an activating group) is 1. The molecule has 5 rings (SSSR count). The van der Waals surface area contributed by atoms with Gasteiger partial charge in [-0.05, 0) is 62.1 Å². The third-order valence-electron chi connectivity index (χ3n) is 7.10. The minimum Gasteiger partial charge on any atom is -0.436 e. The number of aromatic nitrogens is 3. The molecule has 180 valence electrons. The third kappa shape index (κ3) is 3.88. The lowest BCUT2D eigenvalue weighted by molar-refractivity contribution is -0.122. The minimum atomic E-state index is -0.690. The second-order valence-electron chi connectivity index (χ2n) is 9.69. The molecule has 1 aliphatic rings. The maximum atomic E-state index is 12.8. The van der Waals surface area contributed by atoms with Crippen molar-refractivity contribution < 1.29 is 9.21 Å². The molecule has 0 bridgehead atoms. The highest BCUT2D eigenvalue weighted by Gasteiger charge is 2.46. The largest absolute Gasteiger partial charge is 0.436 e. The molecule has 3 heterocycles. The predicted octanol–water partition coefficient (Wildman–Crippen LogP) is 5.32. The topological polar surface area (TPSA) is 96.2 Å². The molecule has 0 unspecified atom stereocenters. The quantitative estimate of drug-likeness (QED) is 0.408. The van der Waals surface area contributed by atoms with Crippen molar-refractivity contribution in [3.8, 4) is 11.5 Å². The second-order valence-corrected chi connectivity index (χ2v) is 9.69. The molecule has 2 aromatic heterocycles. The van der Waals surface area contributed by atoms with Crippen molar-refractivity contribution in [1.29, 1.82) is 0 Å². The van der Waals surface area contributed by atoms with Gasteiger partial charge in [0.1, 0.15) is 16.7 Å². The maximum Gasteiger partial charge on any atom is 0.250 e. The van der Waals surface area contributed by atoms with Crippen molar-refractivity contribution in [3.05, 3.63) is 59.3 Å². The summed E-state index contributed by atoms with van der Waals surface area (Å²) in [6, 6.07) is 14.1. The number of carbonyl (C=O) groups excluding carboxylic acids is 1. The molecule has 35 heavy (non-hydrogen) atoms. The fraction of sp³-hybridized carbons (Fsp3) is 0.333. The summed E-state index contributed by atoms with van der Waals surface area (Å²) in [5, 5.41) is 6.34. The van der Waals surface area contributed by atoms with Crippen LogP contribution in [0.2, 0.25) is 0 Å². The van der Waals surface area contributed by atoms with E-state index in [9.17, 15) is 4.79 Å². The van der Waals surface area contributed by atoms with Gasteiger partial charge in [-0.3, -0.25) is 4.79 Å². The van der Waals surface area contributed by atoms with E-state index in [1.807, 2.05) is 89.0 Å². The van der Waals surface area contributed by atoms with E-state index in [0.29, 0.717) is 24.1 Å². The number of benzene rings is 2.